The van der Waals surface area contributed by atoms with Crippen LogP contribution in [0.4, 0.5) is 0 Å². The van der Waals surface area contributed by atoms with Crippen molar-refractivity contribution in [2.24, 2.45) is 5.41 Å². The summed E-state index contributed by atoms with van der Waals surface area (Å²) < 4.78 is 11.9. The van der Waals surface area contributed by atoms with E-state index in [0.717, 1.165) is 38.5 Å². The largest absolute Gasteiger partial charge is 0.346 e. The normalized spacial score (nSPS) is 32.9. The molecule has 0 amide bonds. The van der Waals surface area contributed by atoms with E-state index in [1.165, 1.54) is 0 Å². The highest BCUT2D eigenvalue weighted by Crippen LogP contribution is 2.51. The molecule has 2 fully saturated rings. The van der Waals surface area contributed by atoms with Crippen LogP contribution in [0.3, 0.4) is 0 Å². The summed E-state index contributed by atoms with van der Waals surface area (Å²) >= 11 is 0. The molecule has 0 bridgehead atoms. The average Bonchev–Trinajstić information content (AvgIpc) is 2.80. The van der Waals surface area contributed by atoms with Crippen LogP contribution in [-0.4, -0.2) is 24.8 Å². The molecule has 0 radical (unpaired) electrons. The van der Waals surface area contributed by atoms with E-state index in [4.69, 9.17) is 9.47 Å². The predicted octanol–water partition coefficient (Wildman–Crippen LogP) is 3.07. The third-order valence-electron chi connectivity index (χ3n) is 4.46. The summed E-state index contributed by atoms with van der Waals surface area (Å²) in [5, 5.41) is 0. The molecule has 1 heterocycles. The monoisotopic (exact) mass is 240 g/mol. The quantitative estimate of drug-likeness (QED) is 0.757. The van der Waals surface area contributed by atoms with E-state index in [1.54, 1.807) is 0 Å². The lowest BCUT2D eigenvalue weighted by Crippen LogP contribution is -2.55. The number of Topliss-reactive ketones (excluding diaryl/α,β-unsaturated/α-hetero) is 1. The fraction of sp³-hybridized carbons (Fsp3) is 0.929. The molecule has 98 valence electrons. The minimum Gasteiger partial charge on any atom is -0.346 e. The summed E-state index contributed by atoms with van der Waals surface area (Å²) in [4.78, 5) is 12.5. The zero-order valence-electron chi connectivity index (χ0n) is 11.1. The Balaban J connectivity index is 2.33. The van der Waals surface area contributed by atoms with E-state index >= 15 is 0 Å². The minimum atomic E-state index is -0.617. The van der Waals surface area contributed by atoms with Gasteiger partial charge in [-0.25, -0.2) is 0 Å². The van der Waals surface area contributed by atoms with Crippen LogP contribution in [0.5, 0.6) is 0 Å². The van der Waals surface area contributed by atoms with Gasteiger partial charge in [-0.05, 0) is 19.3 Å². The number of carbonyl (C=O) groups excluding carboxylic acids is 1. The summed E-state index contributed by atoms with van der Waals surface area (Å²) in [6.45, 7) is 5.50. The topological polar surface area (TPSA) is 35.5 Å². The van der Waals surface area contributed by atoms with Gasteiger partial charge in [-0.3, -0.25) is 4.79 Å². The molecule has 1 saturated heterocycles. The van der Waals surface area contributed by atoms with Crippen molar-refractivity contribution in [1.82, 2.24) is 0 Å². The number of carbonyl (C=O) groups is 1. The molecule has 0 aromatic rings. The van der Waals surface area contributed by atoms with Crippen molar-refractivity contribution in [3.05, 3.63) is 0 Å². The van der Waals surface area contributed by atoms with Gasteiger partial charge in [-0.2, -0.15) is 0 Å². The second-order valence-corrected chi connectivity index (χ2v) is 5.27. The lowest BCUT2D eigenvalue weighted by molar-refractivity contribution is -0.243. The molecule has 1 saturated carbocycles. The van der Waals surface area contributed by atoms with E-state index in [-0.39, 0.29) is 5.41 Å². The van der Waals surface area contributed by atoms with Crippen molar-refractivity contribution < 1.29 is 14.3 Å². The number of hydrogen-bond acceptors (Lipinski definition) is 3. The Morgan fingerprint density at radius 3 is 2.41 bits per heavy atom. The highest BCUT2D eigenvalue weighted by Gasteiger charge is 2.58. The van der Waals surface area contributed by atoms with Gasteiger partial charge in [0.25, 0.3) is 0 Å². The number of ether oxygens (including phenoxy) is 2. The standard InChI is InChI=1S/C14H24O3/c1-3-8-14(16-10-11-17-14)13(4-2)9-6-5-7-12(13)15/h3-11H2,1-2H3/t13-/m0/s1. The molecule has 0 aromatic heterocycles. The number of ketones is 1. The average molecular weight is 240 g/mol. The molecule has 1 aliphatic heterocycles. The molecule has 0 aromatic carbocycles. The molecule has 3 nitrogen and oxygen atoms in total. The van der Waals surface area contributed by atoms with Crippen LogP contribution >= 0.6 is 0 Å². The van der Waals surface area contributed by atoms with E-state index in [9.17, 15) is 4.79 Å². The van der Waals surface area contributed by atoms with Crippen molar-refractivity contribution in [2.45, 2.75) is 64.6 Å². The van der Waals surface area contributed by atoms with Crippen molar-refractivity contribution in [1.29, 1.82) is 0 Å². The first kappa shape index (κ1) is 13.0. The first-order valence-electron chi connectivity index (χ1n) is 7.02. The Kier molecular flexibility index (Phi) is 3.88. The van der Waals surface area contributed by atoms with Gasteiger partial charge in [0.05, 0.1) is 18.6 Å². The van der Waals surface area contributed by atoms with Crippen LogP contribution in [-0.2, 0) is 14.3 Å². The summed E-state index contributed by atoms with van der Waals surface area (Å²) in [6, 6.07) is 0. The molecule has 1 atom stereocenters. The lowest BCUT2D eigenvalue weighted by atomic mass is 9.64. The van der Waals surface area contributed by atoms with Gasteiger partial charge in [-0.1, -0.05) is 26.7 Å². The van der Waals surface area contributed by atoms with Crippen LogP contribution in [0, 0.1) is 5.41 Å². The van der Waals surface area contributed by atoms with Crippen molar-refractivity contribution in [3.8, 4) is 0 Å². The number of hydrogen-bond donors (Lipinski definition) is 0. The fourth-order valence-electron chi connectivity index (χ4n) is 3.58. The van der Waals surface area contributed by atoms with Crippen LogP contribution in [0.1, 0.15) is 58.8 Å². The highest BCUT2D eigenvalue weighted by molar-refractivity contribution is 5.86. The van der Waals surface area contributed by atoms with E-state index in [2.05, 4.69) is 13.8 Å². The molecule has 17 heavy (non-hydrogen) atoms. The molecule has 0 N–H and O–H groups in total. The van der Waals surface area contributed by atoms with Gasteiger partial charge in [0.2, 0.25) is 0 Å². The van der Waals surface area contributed by atoms with Crippen LogP contribution in [0.2, 0.25) is 0 Å². The fourth-order valence-corrected chi connectivity index (χ4v) is 3.58. The van der Waals surface area contributed by atoms with Crippen molar-refractivity contribution in [2.75, 3.05) is 13.2 Å². The minimum absolute atomic E-state index is 0.363. The summed E-state index contributed by atoms with van der Waals surface area (Å²) in [5.74, 6) is -0.254. The second kappa shape index (κ2) is 5.07. The summed E-state index contributed by atoms with van der Waals surface area (Å²) in [6.07, 6.45) is 6.46. The van der Waals surface area contributed by atoms with Gasteiger partial charge in [0, 0.05) is 12.8 Å². The third-order valence-corrected chi connectivity index (χ3v) is 4.46. The second-order valence-electron chi connectivity index (χ2n) is 5.27. The first-order valence-corrected chi connectivity index (χ1v) is 7.02. The molecular weight excluding hydrogens is 216 g/mol. The van der Waals surface area contributed by atoms with Gasteiger partial charge in [0.15, 0.2) is 5.79 Å². The van der Waals surface area contributed by atoms with Crippen LogP contribution < -0.4 is 0 Å². The predicted molar refractivity (Wildman–Crippen MR) is 65.7 cm³/mol. The summed E-state index contributed by atoms with van der Waals surface area (Å²) in [5.41, 5.74) is -0.377. The maximum Gasteiger partial charge on any atom is 0.180 e. The third kappa shape index (κ3) is 1.93. The SMILES string of the molecule is CCCC1([C@@]2(CC)CCCCC2=O)OCCO1. The molecule has 3 heteroatoms. The smallest absolute Gasteiger partial charge is 0.180 e. The lowest BCUT2D eigenvalue weighted by Gasteiger charge is -2.47. The molecule has 0 unspecified atom stereocenters. The van der Waals surface area contributed by atoms with Gasteiger partial charge in [0.1, 0.15) is 5.78 Å². The summed E-state index contributed by atoms with van der Waals surface area (Å²) in [7, 11) is 0. The Hall–Kier alpha value is -0.410. The van der Waals surface area contributed by atoms with Gasteiger partial charge >= 0.3 is 0 Å². The Morgan fingerprint density at radius 2 is 1.88 bits per heavy atom. The Bertz CT molecular complexity index is 281. The Labute approximate surface area is 104 Å². The molecule has 2 rings (SSSR count). The first-order chi connectivity index (χ1) is 8.21. The van der Waals surface area contributed by atoms with Crippen molar-refractivity contribution >= 4 is 5.78 Å². The molecule has 2 aliphatic rings. The van der Waals surface area contributed by atoms with Crippen LogP contribution in [0.25, 0.3) is 0 Å². The Morgan fingerprint density at radius 1 is 1.18 bits per heavy atom. The molecule has 1 aliphatic carbocycles. The number of rotatable bonds is 4. The molecular formula is C14H24O3. The van der Waals surface area contributed by atoms with Crippen molar-refractivity contribution in [3.63, 3.8) is 0 Å². The van der Waals surface area contributed by atoms with E-state index < -0.39 is 5.79 Å². The zero-order valence-corrected chi connectivity index (χ0v) is 11.1. The van der Waals surface area contributed by atoms with E-state index in [1.807, 2.05) is 0 Å². The van der Waals surface area contributed by atoms with Gasteiger partial charge in [-0.15, -0.1) is 0 Å². The zero-order chi connectivity index (χ0) is 12.4. The van der Waals surface area contributed by atoms with Crippen LogP contribution in [0.15, 0.2) is 0 Å². The van der Waals surface area contributed by atoms with E-state index in [0.29, 0.717) is 25.4 Å². The maximum atomic E-state index is 12.5. The molecule has 0 spiro atoms. The maximum absolute atomic E-state index is 12.5. The van der Waals surface area contributed by atoms with Gasteiger partial charge < -0.3 is 9.47 Å². The highest BCUT2D eigenvalue weighted by atomic mass is 16.7.